The minimum absolute atomic E-state index is 0.254. The van der Waals surface area contributed by atoms with Crippen molar-refractivity contribution in [2.75, 3.05) is 27.4 Å². The number of nitrogens with one attached hydrogen (secondary N) is 1. The molecule has 0 atom stereocenters. The first-order chi connectivity index (χ1) is 11.5. The van der Waals surface area contributed by atoms with Crippen molar-refractivity contribution in [3.8, 4) is 17.2 Å². The second kappa shape index (κ2) is 8.45. The zero-order valence-corrected chi connectivity index (χ0v) is 14.6. The van der Waals surface area contributed by atoms with Gasteiger partial charge in [-0.15, -0.1) is 0 Å². The molecule has 0 heterocycles. The number of methoxy groups -OCH3 is 2. The highest BCUT2D eigenvalue weighted by Gasteiger charge is 2.15. The van der Waals surface area contributed by atoms with Gasteiger partial charge >= 0.3 is 0 Å². The summed E-state index contributed by atoms with van der Waals surface area (Å²) in [7, 11) is 3.14. The highest BCUT2D eigenvalue weighted by Crippen LogP contribution is 2.27. The lowest BCUT2D eigenvalue weighted by atomic mass is 10.1. The standard InChI is InChI=1S/C18H20ClNO4/c1-12-10-13(19)11-16(17(12)23-3)18(21)20-8-9-24-15-6-4-14(22-2)5-7-15/h4-7,10-11H,8-9H2,1-3H3,(H,20,21). The topological polar surface area (TPSA) is 56.8 Å². The van der Waals surface area contributed by atoms with Crippen LogP contribution in [0.5, 0.6) is 17.2 Å². The van der Waals surface area contributed by atoms with Gasteiger partial charge in [0.1, 0.15) is 23.9 Å². The number of ether oxygens (including phenoxy) is 3. The Balaban J connectivity index is 1.89. The van der Waals surface area contributed by atoms with Crippen molar-refractivity contribution < 1.29 is 19.0 Å². The molecule has 24 heavy (non-hydrogen) atoms. The molecule has 6 heteroatoms. The van der Waals surface area contributed by atoms with E-state index >= 15 is 0 Å². The average Bonchev–Trinajstić information content (AvgIpc) is 2.58. The van der Waals surface area contributed by atoms with Crippen molar-refractivity contribution in [1.82, 2.24) is 5.32 Å². The van der Waals surface area contributed by atoms with Crippen molar-refractivity contribution in [3.05, 3.63) is 52.5 Å². The van der Waals surface area contributed by atoms with E-state index in [1.807, 2.05) is 31.2 Å². The Morgan fingerprint density at radius 2 is 1.75 bits per heavy atom. The molecule has 0 aliphatic carbocycles. The molecule has 0 bridgehead atoms. The number of aryl methyl sites for hydroxylation is 1. The predicted octanol–water partition coefficient (Wildman–Crippen LogP) is 3.47. The Morgan fingerprint density at radius 1 is 1.08 bits per heavy atom. The van der Waals surface area contributed by atoms with Crippen molar-refractivity contribution in [2.24, 2.45) is 0 Å². The van der Waals surface area contributed by atoms with Crippen LogP contribution in [0.3, 0.4) is 0 Å². The zero-order valence-electron chi connectivity index (χ0n) is 13.9. The van der Waals surface area contributed by atoms with Crippen LogP contribution in [0.25, 0.3) is 0 Å². The van der Waals surface area contributed by atoms with Crippen LogP contribution in [0, 0.1) is 6.92 Å². The van der Waals surface area contributed by atoms with Gasteiger partial charge in [0.05, 0.1) is 26.3 Å². The molecule has 1 amide bonds. The summed E-state index contributed by atoms with van der Waals surface area (Å²) in [4.78, 5) is 12.3. The van der Waals surface area contributed by atoms with E-state index in [2.05, 4.69) is 5.32 Å². The number of carbonyl (C=O) groups is 1. The highest BCUT2D eigenvalue weighted by atomic mass is 35.5. The number of halogens is 1. The molecule has 128 valence electrons. The molecule has 1 N–H and O–H groups in total. The van der Waals surface area contributed by atoms with Crippen LogP contribution in [0.2, 0.25) is 5.02 Å². The first-order valence-electron chi connectivity index (χ1n) is 7.44. The monoisotopic (exact) mass is 349 g/mol. The van der Waals surface area contributed by atoms with Crippen LogP contribution >= 0.6 is 11.6 Å². The molecule has 0 radical (unpaired) electrons. The lowest BCUT2D eigenvalue weighted by Crippen LogP contribution is -2.28. The van der Waals surface area contributed by atoms with Crippen LogP contribution in [0.4, 0.5) is 0 Å². The second-order valence-corrected chi connectivity index (χ2v) is 5.52. The van der Waals surface area contributed by atoms with E-state index in [1.54, 1.807) is 19.2 Å². The number of rotatable bonds is 7. The van der Waals surface area contributed by atoms with E-state index < -0.39 is 0 Å². The third-order valence-corrected chi connectivity index (χ3v) is 3.62. The summed E-state index contributed by atoms with van der Waals surface area (Å²) < 4.78 is 15.9. The maximum Gasteiger partial charge on any atom is 0.255 e. The first-order valence-corrected chi connectivity index (χ1v) is 7.82. The largest absolute Gasteiger partial charge is 0.497 e. The van der Waals surface area contributed by atoms with Gasteiger partial charge in [0.15, 0.2) is 0 Å². The number of amides is 1. The fourth-order valence-electron chi connectivity index (χ4n) is 2.27. The summed E-state index contributed by atoms with van der Waals surface area (Å²) in [5.41, 5.74) is 1.22. The summed E-state index contributed by atoms with van der Waals surface area (Å²) in [6.07, 6.45) is 0. The van der Waals surface area contributed by atoms with Gasteiger partial charge in [-0.05, 0) is 48.9 Å². The van der Waals surface area contributed by atoms with Crippen LogP contribution in [0.1, 0.15) is 15.9 Å². The van der Waals surface area contributed by atoms with Crippen LogP contribution in [0.15, 0.2) is 36.4 Å². The maximum absolute atomic E-state index is 12.3. The zero-order chi connectivity index (χ0) is 17.5. The summed E-state index contributed by atoms with van der Waals surface area (Å²) in [5, 5.41) is 3.29. The normalized spacial score (nSPS) is 10.2. The molecule has 0 saturated heterocycles. The molecular weight excluding hydrogens is 330 g/mol. The average molecular weight is 350 g/mol. The van der Waals surface area contributed by atoms with Crippen molar-refractivity contribution in [3.63, 3.8) is 0 Å². The fourth-order valence-corrected chi connectivity index (χ4v) is 2.54. The smallest absolute Gasteiger partial charge is 0.255 e. The Morgan fingerprint density at radius 3 is 2.38 bits per heavy atom. The summed E-state index contributed by atoms with van der Waals surface area (Å²) >= 11 is 6.02. The minimum Gasteiger partial charge on any atom is -0.497 e. The van der Waals surface area contributed by atoms with Gasteiger partial charge in [-0.25, -0.2) is 0 Å². The van der Waals surface area contributed by atoms with E-state index in [9.17, 15) is 4.79 Å². The third-order valence-electron chi connectivity index (χ3n) is 3.40. The van der Waals surface area contributed by atoms with Crippen molar-refractivity contribution in [1.29, 1.82) is 0 Å². The molecule has 0 unspecified atom stereocenters. The van der Waals surface area contributed by atoms with E-state index in [0.29, 0.717) is 35.2 Å². The van der Waals surface area contributed by atoms with Crippen LogP contribution in [-0.2, 0) is 0 Å². The number of carbonyl (C=O) groups excluding carboxylic acids is 1. The fraction of sp³-hybridized carbons (Fsp3) is 0.278. The number of benzene rings is 2. The molecule has 2 aromatic rings. The SMILES string of the molecule is COc1ccc(OCCNC(=O)c2cc(Cl)cc(C)c2OC)cc1. The third kappa shape index (κ3) is 4.55. The van der Waals surface area contributed by atoms with Gasteiger partial charge in [0.2, 0.25) is 0 Å². The quantitative estimate of drug-likeness (QED) is 0.777. The molecule has 2 rings (SSSR count). The van der Waals surface area contributed by atoms with Gasteiger partial charge in [-0.2, -0.15) is 0 Å². The number of hydrogen-bond donors (Lipinski definition) is 1. The molecule has 0 aliphatic rings. The van der Waals surface area contributed by atoms with Crippen molar-refractivity contribution in [2.45, 2.75) is 6.92 Å². The maximum atomic E-state index is 12.3. The van der Waals surface area contributed by atoms with Gasteiger partial charge in [-0.3, -0.25) is 4.79 Å². The van der Waals surface area contributed by atoms with E-state index in [-0.39, 0.29) is 5.91 Å². The Hall–Kier alpha value is -2.40. The molecule has 2 aromatic carbocycles. The van der Waals surface area contributed by atoms with E-state index in [1.165, 1.54) is 7.11 Å². The Labute approximate surface area is 146 Å². The highest BCUT2D eigenvalue weighted by molar-refractivity contribution is 6.31. The van der Waals surface area contributed by atoms with Crippen LogP contribution in [-0.4, -0.2) is 33.3 Å². The molecule has 0 aromatic heterocycles. The van der Waals surface area contributed by atoms with E-state index in [4.69, 9.17) is 25.8 Å². The lowest BCUT2D eigenvalue weighted by molar-refractivity contribution is 0.0944. The molecule has 0 spiro atoms. The summed E-state index contributed by atoms with van der Waals surface area (Å²) in [6.45, 7) is 2.55. The van der Waals surface area contributed by atoms with Gasteiger partial charge in [0, 0.05) is 5.02 Å². The molecule has 0 saturated carbocycles. The number of hydrogen-bond acceptors (Lipinski definition) is 4. The first kappa shape index (κ1) is 17.9. The van der Waals surface area contributed by atoms with Crippen LogP contribution < -0.4 is 19.5 Å². The van der Waals surface area contributed by atoms with Gasteiger partial charge in [-0.1, -0.05) is 11.6 Å². The molecular formula is C18H20ClNO4. The predicted molar refractivity (Wildman–Crippen MR) is 93.6 cm³/mol. The second-order valence-electron chi connectivity index (χ2n) is 5.08. The lowest BCUT2D eigenvalue weighted by Gasteiger charge is -2.13. The molecule has 5 nitrogen and oxygen atoms in total. The summed E-state index contributed by atoms with van der Waals surface area (Å²) in [5.74, 6) is 1.74. The Bertz CT molecular complexity index is 701. The molecule has 0 fully saturated rings. The molecule has 0 aliphatic heterocycles. The van der Waals surface area contributed by atoms with Crippen molar-refractivity contribution >= 4 is 17.5 Å². The Kier molecular flexibility index (Phi) is 6.32. The minimum atomic E-state index is -0.254. The van der Waals surface area contributed by atoms with Gasteiger partial charge < -0.3 is 19.5 Å². The van der Waals surface area contributed by atoms with E-state index in [0.717, 1.165) is 11.3 Å². The van der Waals surface area contributed by atoms with Gasteiger partial charge in [0.25, 0.3) is 5.91 Å². The summed E-state index contributed by atoms with van der Waals surface area (Å²) in [6, 6.07) is 10.6.